The second-order valence-corrected chi connectivity index (χ2v) is 21.6. The Bertz CT molecular complexity index is 2030. The third-order valence-corrected chi connectivity index (χ3v) is 13.9. The number of carbonyl (C=O) groups is 4. The lowest BCUT2D eigenvalue weighted by molar-refractivity contribution is -0.301. The Morgan fingerprint density at radius 1 is 0.388 bits per heavy atom. The highest BCUT2D eigenvalue weighted by Crippen LogP contribution is 2.26. The summed E-state index contributed by atoms with van der Waals surface area (Å²) < 4.78 is 28.5. The molecule has 0 aliphatic carbocycles. The zero-order chi connectivity index (χ0) is 61.7. The first-order chi connectivity index (χ1) is 41.6. The van der Waals surface area contributed by atoms with Crippen LogP contribution in [0.4, 0.5) is 0 Å². The van der Waals surface area contributed by atoms with Crippen molar-refractivity contribution in [1.82, 2.24) is 0 Å². The Balaban J connectivity index is 2.71. The SMILES string of the molecule is CC/C=C\C/C=C\C/C=C\C/C=C\C/C=C\CCCCCC(=O)OCC(COC1OC(C(=O)O)C(O)C(O)C1OC(=O)CCCCCCCC/C=C\C/C=C\C/C=C\C/C=C\CC)OC(=O)CCCCCCCCC/C=C\C/C=C\C/C=C\CC. The first-order valence-corrected chi connectivity index (χ1v) is 32.8. The standard InChI is InChI=1S/C73H114O12/c1-4-7-10-13-16-19-22-25-28-31-33-36-38-41-44-47-50-53-56-59-65(74)81-62-64(83-66(75)60-57-54-51-48-45-42-39-35-30-27-24-21-18-15-12-9-6-3)63-82-73-71(69(78)68(77)70(85-73)72(79)80)84-67(76)61-58-55-52-49-46-43-40-37-34-32-29-26-23-20-17-14-11-8-5-2/h7-12,16-21,25-30,33-34,36-37,41,44,64,68-71,73,77-78H,4-6,13-15,22-24,31-32,35,38-40,42-43,45-63H2,1-3H3,(H,79,80)/b10-7-,11-8-,12-9-,19-16-,20-17-,21-18-,28-25-,29-26-,30-27-,36-33-,37-34-,44-41-. The average molecular weight is 1180 g/mol. The molecule has 1 heterocycles. The molecule has 85 heavy (non-hydrogen) atoms. The van der Waals surface area contributed by atoms with Crippen molar-refractivity contribution in [3.8, 4) is 0 Å². The van der Waals surface area contributed by atoms with Gasteiger partial charge in [0, 0.05) is 19.3 Å². The predicted octanol–water partition coefficient (Wildman–Crippen LogP) is 17.9. The Labute approximate surface area is 514 Å². The van der Waals surface area contributed by atoms with E-state index in [0.29, 0.717) is 19.3 Å². The number of ether oxygens (including phenoxy) is 5. The van der Waals surface area contributed by atoms with Crippen LogP contribution in [-0.4, -0.2) is 89.2 Å². The monoisotopic (exact) mass is 1180 g/mol. The van der Waals surface area contributed by atoms with Gasteiger partial charge in [0.2, 0.25) is 0 Å². The maximum Gasteiger partial charge on any atom is 0.335 e. The molecule has 0 saturated carbocycles. The van der Waals surface area contributed by atoms with Gasteiger partial charge in [-0.25, -0.2) is 4.79 Å². The summed E-state index contributed by atoms with van der Waals surface area (Å²) in [5.41, 5.74) is 0. The number of aliphatic hydroxyl groups excluding tert-OH is 2. The highest BCUT2D eigenvalue weighted by atomic mass is 16.7. The molecule has 1 aliphatic heterocycles. The van der Waals surface area contributed by atoms with Gasteiger partial charge in [-0.15, -0.1) is 0 Å². The van der Waals surface area contributed by atoms with E-state index in [1.807, 2.05) is 0 Å². The van der Waals surface area contributed by atoms with Crippen molar-refractivity contribution >= 4 is 23.9 Å². The molecule has 1 saturated heterocycles. The van der Waals surface area contributed by atoms with Crippen molar-refractivity contribution in [3.63, 3.8) is 0 Å². The fourth-order valence-corrected chi connectivity index (χ4v) is 8.99. The summed E-state index contributed by atoms with van der Waals surface area (Å²) in [6.07, 6.45) is 72.2. The quantitative estimate of drug-likeness (QED) is 0.0228. The number of unbranched alkanes of at least 4 members (excludes halogenated alkanes) is 16. The number of carboxylic acids is 1. The molecule has 0 bridgehead atoms. The van der Waals surface area contributed by atoms with E-state index < -0.39 is 67.3 Å². The topological polar surface area (TPSA) is 175 Å². The zero-order valence-electron chi connectivity index (χ0n) is 52.8. The van der Waals surface area contributed by atoms with Crippen LogP contribution >= 0.6 is 0 Å². The maximum absolute atomic E-state index is 13.2. The minimum Gasteiger partial charge on any atom is -0.479 e. The van der Waals surface area contributed by atoms with Crippen molar-refractivity contribution in [2.75, 3.05) is 13.2 Å². The number of aliphatic carboxylic acids is 1. The van der Waals surface area contributed by atoms with Crippen molar-refractivity contribution < 1.29 is 58.2 Å². The van der Waals surface area contributed by atoms with E-state index in [1.165, 1.54) is 0 Å². The highest BCUT2D eigenvalue weighted by Gasteiger charge is 2.50. The smallest absolute Gasteiger partial charge is 0.335 e. The largest absolute Gasteiger partial charge is 0.479 e. The third-order valence-electron chi connectivity index (χ3n) is 13.9. The molecule has 0 aromatic carbocycles. The van der Waals surface area contributed by atoms with Crippen LogP contribution in [-0.2, 0) is 42.9 Å². The van der Waals surface area contributed by atoms with Crippen molar-refractivity contribution in [1.29, 1.82) is 0 Å². The zero-order valence-corrected chi connectivity index (χ0v) is 52.8. The average Bonchev–Trinajstić information content (AvgIpc) is 3.51. The summed E-state index contributed by atoms with van der Waals surface area (Å²) >= 11 is 0. The van der Waals surface area contributed by atoms with Gasteiger partial charge in [-0.3, -0.25) is 14.4 Å². The van der Waals surface area contributed by atoms with Gasteiger partial charge >= 0.3 is 23.9 Å². The van der Waals surface area contributed by atoms with Crippen LogP contribution in [0.5, 0.6) is 0 Å². The fraction of sp³-hybridized carbons (Fsp3) is 0.616. The van der Waals surface area contributed by atoms with Gasteiger partial charge in [0.1, 0.15) is 18.8 Å². The van der Waals surface area contributed by atoms with Crippen LogP contribution in [0.25, 0.3) is 0 Å². The molecule has 1 fully saturated rings. The molecule has 12 heteroatoms. The lowest BCUT2D eigenvalue weighted by Gasteiger charge is -2.40. The highest BCUT2D eigenvalue weighted by molar-refractivity contribution is 5.74. The van der Waals surface area contributed by atoms with E-state index in [4.69, 9.17) is 23.7 Å². The number of carboxylic acid groups (broad SMARTS) is 1. The lowest BCUT2D eigenvalue weighted by Crippen LogP contribution is -2.61. The van der Waals surface area contributed by atoms with Gasteiger partial charge < -0.3 is 39.0 Å². The molecule has 12 nitrogen and oxygen atoms in total. The second-order valence-electron chi connectivity index (χ2n) is 21.6. The number of hydrogen-bond donors (Lipinski definition) is 3. The third kappa shape index (κ3) is 48.4. The summed E-state index contributed by atoms with van der Waals surface area (Å²) in [4.78, 5) is 51.4. The van der Waals surface area contributed by atoms with Gasteiger partial charge in [0.05, 0.1) is 6.61 Å². The number of esters is 3. The number of hydrogen-bond acceptors (Lipinski definition) is 11. The molecule has 0 spiro atoms. The van der Waals surface area contributed by atoms with E-state index in [2.05, 4.69) is 167 Å². The fourth-order valence-electron chi connectivity index (χ4n) is 8.99. The molecular weight excluding hydrogens is 1070 g/mol. The molecule has 0 aromatic rings. The first-order valence-electron chi connectivity index (χ1n) is 32.8. The van der Waals surface area contributed by atoms with Crippen LogP contribution in [0.2, 0.25) is 0 Å². The molecule has 0 radical (unpaired) electrons. The summed E-state index contributed by atoms with van der Waals surface area (Å²) in [6, 6.07) is 0. The van der Waals surface area contributed by atoms with E-state index >= 15 is 0 Å². The Morgan fingerprint density at radius 2 is 0.706 bits per heavy atom. The molecule has 0 amide bonds. The van der Waals surface area contributed by atoms with Crippen LogP contribution in [0.3, 0.4) is 0 Å². The molecule has 6 unspecified atom stereocenters. The normalized spacial score (nSPS) is 18.4. The number of aliphatic hydroxyl groups is 2. The van der Waals surface area contributed by atoms with Crippen LogP contribution in [0.1, 0.15) is 239 Å². The van der Waals surface area contributed by atoms with Crippen LogP contribution < -0.4 is 0 Å². The van der Waals surface area contributed by atoms with Crippen LogP contribution in [0, 0.1) is 0 Å². The van der Waals surface area contributed by atoms with Crippen molar-refractivity contribution in [2.45, 2.75) is 276 Å². The maximum atomic E-state index is 13.2. The molecular formula is C73H114O12. The Hall–Kier alpha value is -5.40. The van der Waals surface area contributed by atoms with Gasteiger partial charge in [-0.1, -0.05) is 231 Å². The number of carbonyl (C=O) groups excluding carboxylic acids is 3. The minimum absolute atomic E-state index is 0.0314. The lowest BCUT2D eigenvalue weighted by atomic mass is 9.98. The molecule has 3 N–H and O–H groups in total. The molecule has 478 valence electrons. The van der Waals surface area contributed by atoms with Crippen molar-refractivity contribution in [2.24, 2.45) is 0 Å². The van der Waals surface area contributed by atoms with Gasteiger partial charge in [0.15, 0.2) is 24.6 Å². The summed E-state index contributed by atoms with van der Waals surface area (Å²) in [7, 11) is 0. The molecule has 0 aromatic heterocycles. The van der Waals surface area contributed by atoms with E-state index in [-0.39, 0.29) is 25.9 Å². The van der Waals surface area contributed by atoms with Gasteiger partial charge in [-0.05, 0) is 135 Å². The summed E-state index contributed by atoms with van der Waals surface area (Å²) in [5, 5.41) is 31.6. The van der Waals surface area contributed by atoms with Gasteiger partial charge in [0.25, 0.3) is 0 Å². The van der Waals surface area contributed by atoms with E-state index in [1.54, 1.807) is 0 Å². The number of allylic oxidation sites excluding steroid dienone is 24. The molecule has 1 rings (SSSR count). The van der Waals surface area contributed by atoms with E-state index in [9.17, 15) is 34.5 Å². The van der Waals surface area contributed by atoms with Crippen molar-refractivity contribution in [3.05, 3.63) is 146 Å². The van der Waals surface area contributed by atoms with Crippen LogP contribution in [0.15, 0.2) is 146 Å². The first kappa shape index (κ1) is 77.6. The minimum atomic E-state index is -1.92. The predicted molar refractivity (Wildman–Crippen MR) is 349 cm³/mol. The van der Waals surface area contributed by atoms with E-state index in [0.717, 1.165) is 180 Å². The summed E-state index contributed by atoms with van der Waals surface area (Å²) in [6.45, 7) is 5.62. The Morgan fingerprint density at radius 3 is 1.08 bits per heavy atom. The molecule has 6 atom stereocenters. The Kier molecular flexibility index (Phi) is 53.8. The second kappa shape index (κ2) is 59.0. The molecule has 1 aliphatic rings. The van der Waals surface area contributed by atoms with Gasteiger partial charge in [-0.2, -0.15) is 0 Å². The summed E-state index contributed by atoms with van der Waals surface area (Å²) in [5.74, 6) is -3.21. The number of rotatable bonds is 54.